The van der Waals surface area contributed by atoms with Gasteiger partial charge in [-0.25, -0.2) is 0 Å². The molecule has 0 saturated carbocycles. The minimum absolute atomic E-state index is 0.0127. The lowest BCUT2D eigenvalue weighted by molar-refractivity contribution is -0.111. The summed E-state index contributed by atoms with van der Waals surface area (Å²) in [5.74, 6) is 2.27. The van der Waals surface area contributed by atoms with Crippen molar-refractivity contribution in [2.45, 2.75) is 0 Å². The molecule has 0 aliphatic heterocycles. The number of hydrogen-bond acceptors (Lipinski definition) is 8. The van der Waals surface area contributed by atoms with Crippen LogP contribution >= 0.6 is 0 Å². The van der Waals surface area contributed by atoms with Crippen molar-refractivity contribution in [3.63, 3.8) is 0 Å². The van der Waals surface area contributed by atoms with Crippen LogP contribution < -0.4 is 33.7 Å². The molecule has 0 aromatic heterocycles. The summed E-state index contributed by atoms with van der Waals surface area (Å²) < 4.78 is 32.4. The summed E-state index contributed by atoms with van der Waals surface area (Å²) in [6.07, 6.45) is 6.65. The van der Waals surface area contributed by atoms with Crippen molar-refractivity contribution in [3.05, 3.63) is 65.2 Å². The number of ether oxygens (including phenoxy) is 6. The van der Waals surface area contributed by atoms with Gasteiger partial charge < -0.3 is 38.8 Å². The molecule has 0 unspecified atom stereocenters. The average molecular weight is 522 g/mol. The van der Waals surface area contributed by atoms with Crippen molar-refractivity contribution < 1.29 is 38.3 Å². The zero-order valence-electron chi connectivity index (χ0n) is 22.2. The predicted molar refractivity (Wildman–Crippen MR) is 147 cm³/mol. The third kappa shape index (κ3) is 6.31. The SMILES string of the molecule is COc1cc(/C=C/C(=O)Nc2c(/C=C/c3cc(OC)c(OC)c(OC)c3)ccc(OC)c2OC)ccc1O. The number of nitrogens with one attached hydrogen (secondary N) is 1. The predicted octanol–water partition coefficient (Wildman–Crippen LogP) is 5.27. The van der Waals surface area contributed by atoms with Gasteiger partial charge in [-0.2, -0.15) is 0 Å². The van der Waals surface area contributed by atoms with Crippen molar-refractivity contribution in [2.24, 2.45) is 0 Å². The first-order valence-corrected chi connectivity index (χ1v) is 11.5. The lowest BCUT2D eigenvalue weighted by atomic mass is 10.1. The molecule has 0 atom stereocenters. The standard InChI is InChI=1S/C29H31NO8/c1-33-22-13-11-20(10-7-19-16-24(35-3)28(37-5)25(17-19)36-4)27(29(22)38-6)30-26(32)14-9-18-8-12-21(31)23(15-18)34-2/h7-17,31H,1-6H3,(H,30,32)/b10-7+,14-9+. The Bertz CT molecular complexity index is 1320. The summed E-state index contributed by atoms with van der Waals surface area (Å²) in [4.78, 5) is 12.9. The minimum atomic E-state index is -0.397. The zero-order chi connectivity index (χ0) is 27.7. The third-order valence-corrected chi connectivity index (χ3v) is 5.60. The summed E-state index contributed by atoms with van der Waals surface area (Å²) in [6, 6.07) is 12.0. The second-order valence-corrected chi connectivity index (χ2v) is 7.81. The first kappa shape index (κ1) is 27.8. The molecule has 38 heavy (non-hydrogen) atoms. The number of benzene rings is 3. The van der Waals surface area contributed by atoms with Crippen molar-refractivity contribution in [1.29, 1.82) is 0 Å². The Kier molecular flexibility index (Phi) is 9.48. The topological polar surface area (TPSA) is 105 Å². The summed E-state index contributed by atoms with van der Waals surface area (Å²) in [5.41, 5.74) is 2.56. The second kappa shape index (κ2) is 13.0. The smallest absolute Gasteiger partial charge is 0.248 e. The molecule has 200 valence electrons. The molecule has 3 rings (SSSR count). The number of aromatic hydroxyl groups is 1. The van der Waals surface area contributed by atoms with Gasteiger partial charge in [0.2, 0.25) is 11.7 Å². The van der Waals surface area contributed by atoms with Crippen LogP contribution in [0.3, 0.4) is 0 Å². The number of phenolic OH excluding ortho intramolecular Hbond substituents is 1. The van der Waals surface area contributed by atoms with Gasteiger partial charge in [-0.1, -0.05) is 18.2 Å². The molecule has 0 aliphatic rings. The summed E-state index contributed by atoms with van der Waals surface area (Å²) in [6.45, 7) is 0. The largest absolute Gasteiger partial charge is 0.504 e. The average Bonchev–Trinajstić information content (AvgIpc) is 2.94. The fourth-order valence-corrected chi connectivity index (χ4v) is 3.73. The Morgan fingerprint density at radius 1 is 0.658 bits per heavy atom. The molecule has 0 saturated heterocycles. The number of rotatable bonds is 11. The van der Waals surface area contributed by atoms with E-state index in [1.165, 1.54) is 33.5 Å². The third-order valence-electron chi connectivity index (χ3n) is 5.60. The van der Waals surface area contributed by atoms with E-state index in [1.807, 2.05) is 24.3 Å². The maximum absolute atomic E-state index is 12.9. The van der Waals surface area contributed by atoms with E-state index in [4.69, 9.17) is 28.4 Å². The van der Waals surface area contributed by atoms with Gasteiger partial charge in [0, 0.05) is 11.6 Å². The van der Waals surface area contributed by atoms with Crippen molar-refractivity contribution in [1.82, 2.24) is 0 Å². The zero-order valence-corrected chi connectivity index (χ0v) is 22.2. The molecule has 0 aliphatic carbocycles. The molecular formula is C29H31NO8. The van der Waals surface area contributed by atoms with Gasteiger partial charge in [0.05, 0.1) is 48.3 Å². The lowest BCUT2D eigenvalue weighted by Crippen LogP contribution is -2.11. The number of anilines is 1. The van der Waals surface area contributed by atoms with Crippen LogP contribution in [-0.2, 0) is 4.79 Å². The fourth-order valence-electron chi connectivity index (χ4n) is 3.73. The Morgan fingerprint density at radius 2 is 1.26 bits per heavy atom. The van der Waals surface area contributed by atoms with Gasteiger partial charge in [-0.05, 0) is 53.6 Å². The van der Waals surface area contributed by atoms with E-state index in [-0.39, 0.29) is 5.75 Å². The normalized spacial score (nSPS) is 10.9. The highest BCUT2D eigenvalue weighted by Crippen LogP contribution is 2.41. The monoisotopic (exact) mass is 521 g/mol. The van der Waals surface area contributed by atoms with Crippen LogP contribution in [0.2, 0.25) is 0 Å². The van der Waals surface area contributed by atoms with Gasteiger partial charge in [0.15, 0.2) is 34.5 Å². The summed E-state index contributed by atoms with van der Waals surface area (Å²) in [7, 11) is 9.12. The number of hydrogen-bond donors (Lipinski definition) is 2. The molecule has 1 amide bonds. The molecule has 9 nitrogen and oxygen atoms in total. The number of carbonyl (C=O) groups excluding carboxylic acids is 1. The number of methoxy groups -OCH3 is 6. The molecule has 0 heterocycles. The molecule has 9 heteroatoms. The van der Waals surface area contributed by atoms with Crippen LogP contribution in [0.5, 0.6) is 40.2 Å². The Labute approximate surface area is 221 Å². The van der Waals surface area contributed by atoms with Crippen LogP contribution in [0.25, 0.3) is 18.2 Å². The van der Waals surface area contributed by atoms with Crippen LogP contribution in [-0.4, -0.2) is 53.7 Å². The van der Waals surface area contributed by atoms with Crippen molar-refractivity contribution in [3.8, 4) is 40.2 Å². The van der Waals surface area contributed by atoms with Gasteiger partial charge in [-0.3, -0.25) is 4.79 Å². The van der Waals surface area contributed by atoms with Crippen LogP contribution in [0.4, 0.5) is 5.69 Å². The summed E-state index contributed by atoms with van der Waals surface area (Å²) >= 11 is 0. The van der Waals surface area contributed by atoms with E-state index in [2.05, 4.69) is 5.32 Å². The molecule has 0 spiro atoms. The van der Waals surface area contributed by atoms with Gasteiger partial charge in [-0.15, -0.1) is 0 Å². The first-order valence-electron chi connectivity index (χ1n) is 11.5. The first-order chi connectivity index (χ1) is 18.4. The quantitative estimate of drug-likeness (QED) is 0.260. The van der Waals surface area contributed by atoms with E-state index in [0.29, 0.717) is 51.3 Å². The second-order valence-electron chi connectivity index (χ2n) is 7.81. The molecule has 0 bridgehead atoms. The fraction of sp³-hybridized carbons (Fsp3) is 0.207. The molecule has 0 radical (unpaired) electrons. The Hall–Kier alpha value is -4.79. The summed E-state index contributed by atoms with van der Waals surface area (Å²) in [5, 5.41) is 12.7. The maximum atomic E-state index is 12.9. The molecule has 3 aromatic carbocycles. The van der Waals surface area contributed by atoms with Crippen LogP contribution in [0.1, 0.15) is 16.7 Å². The highest BCUT2D eigenvalue weighted by molar-refractivity contribution is 6.04. The molecular weight excluding hydrogens is 490 g/mol. The van der Waals surface area contributed by atoms with E-state index in [9.17, 15) is 9.90 Å². The van der Waals surface area contributed by atoms with E-state index < -0.39 is 5.91 Å². The Balaban J connectivity index is 1.96. The van der Waals surface area contributed by atoms with E-state index >= 15 is 0 Å². The highest BCUT2D eigenvalue weighted by Gasteiger charge is 2.16. The van der Waals surface area contributed by atoms with Crippen molar-refractivity contribution >= 4 is 29.8 Å². The lowest BCUT2D eigenvalue weighted by Gasteiger charge is -2.16. The molecule has 2 N–H and O–H groups in total. The van der Waals surface area contributed by atoms with Crippen LogP contribution in [0, 0.1) is 0 Å². The van der Waals surface area contributed by atoms with Gasteiger partial charge >= 0.3 is 0 Å². The van der Waals surface area contributed by atoms with Gasteiger partial charge in [0.1, 0.15) is 0 Å². The number of carbonyl (C=O) groups is 1. The van der Waals surface area contributed by atoms with E-state index in [0.717, 1.165) is 5.56 Å². The molecule has 3 aromatic rings. The van der Waals surface area contributed by atoms with Crippen LogP contribution in [0.15, 0.2) is 48.5 Å². The minimum Gasteiger partial charge on any atom is -0.504 e. The van der Waals surface area contributed by atoms with E-state index in [1.54, 1.807) is 51.7 Å². The highest BCUT2D eigenvalue weighted by atomic mass is 16.5. The number of phenols is 1. The molecule has 0 fully saturated rings. The maximum Gasteiger partial charge on any atom is 0.248 e. The van der Waals surface area contributed by atoms with Crippen molar-refractivity contribution in [2.75, 3.05) is 48.0 Å². The van der Waals surface area contributed by atoms with Gasteiger partial charge in [0.25, 0.3) is 0 Å². The Morgan fingerprint density at radius 3 is 1.84 bits per heavy atom. The number of amides is 1.